The average Bonchev–Trinajstić information content (AvgIpc) is 3.41. The summed E-state index contributed by atoms with van der Waals surface area (Å²) in [6.45, 7) is 18.9. The summed E-state index contributed by atoms with van der Waals surface area (Å²) in [4.78, 5) is 9.99. The Labute approximate surface area is 335 Å². The molecule has 2 heterocycles. The quantitative estimate of drug-likeness (QED) is 0.173. The number of anilines is 2. The number of imidazole rings is 1. The van der Waals surface area contributed by atoms with Gasteiger partial charge < -0.3 is 9.80 Å². The lowest BCUT2D eigenvalue weighted by molar-refractivity contribution is 0.569. The van der Waals surface area contributed by atoms with Gasteiger partial charge in [0.1, 0.15) is 5.82 Å². The Morgan fingerprint density at radius 3 is 2.16 bits per heavy atom. The lowest BCUT2D eigenvalue weighted by Gasteiger charge is -2.32. The number of allylic oxidation sites excluding steroid dienone is 19. The summed E-state index contributed by atoms with van der Waals surface area (Å²) in [7, 11) is 0. The van der Waals surface area contributed by atoms with E-state index in [4.69, 9.17) is 4.98 Å². The van der Waals surface area contributed by atoms with Crippen LogP contribution in [0, 0.1) is 20.8 Å². The molecule has 56 heavy (non-hydrogen) atoms. The molecule has 0 N–H and O–H groups in total. The van der Waals surface area contributed by atoms with Gasteiger partial charge in [0.05, 0.1) is 17.1 Å². The number of aromatic nitrogens is 2. The van der Waals surface area contributed by atoms with E-state index in [9.17, 15) is 0 Å². The van der Waals surface area contributed by atoms with Crippen LogP contribution in [0.25, 0.3) is 17.8 Å². The standard InChI is InChI=1S/C52H56N4/c1-9-13-24-50-41(8)53-52(56(50)44-22-16-14-15-17-23-44)35-34-47(55-49-25-18-21-42(36-40(49)7)48(19-10-2)51(55)20-11-3)37-43(12-4)54(45-30-26-38(5)27-31-45)46-32-28-39(6)29-33-46/h9-13,16,18-35,37H,1,14-15,17,36H2,2-8H3/b19-10-,20-11-,24-13-,35-34+,43-12+,47-37+. The first-order valence-electron chi connectivity index (χ1n) is 19.9. The molecule has 1 aliphatic heterocycles. The summed E-state index contributed by atoms with van der Waals surface area (Å²) in [5.74, 6) is 0.872. The molecule has 1 aromatic heterocycles. The number of hydrogen-bond donors (Lipinski definition) is 0. The van der Waals surface area contributed by atoms with Crippen molar-refractivity contribution in [1.82, 2.24) is 14.5 Å². The first-order chi connectivity index (χ1) is 27.3. The lowest BCUT2D eigenvalue weighted by atomic mass is 9.97. The van der Waals surface area contributed by atoms with E-state index >= 15 is 0 Å². The van der Waals surface area contributed by atoms with Crippen molar-refractivity contribution in [3.63, 3.8) is 0 Å². The summed E-state index contributed by atoms with van der Waals surface area (Å²) in [5.41, 5.74) is 16.0. The highest BCUT2D eigenvalue weighted by atomic mass is 15.2. The highest BCUT2D eigenvalue weighted by Crippen LogP contribution is 2.41. The van der Waals surface area contributed by atoms with Crippen LogP contribution in [0.3, 0.4) is 0 Å². The van der Waals surface area contributed by atoms with Gasteiger partial charge in [0.2, 0.25) is 0 Å². The van der Waals surface area contributed by atoms with E-state index in [1.165, 1.54) is 27.8 Å². The van der Waals surface area contributed by atoms with E-state index in [0.717, 1.165) is 82.8 Å². The largest absolute Gasteiger partial charge is 0.311 e. The van der Waals surface area contributed by atoms with Crippen molar-refractivity contribution < 1.29 is 0 Å². The molecule has 3 aliphatic rings. The van der Waals surface area contributed by atoms with Crippen LogP contribution >= 0.6 is 0 Å². The monoisotopic (exact) mass is 736 g/mol. The number of benzene rings is 2. The molecule has 4 heteroatoms. The number of rotatable bonds is 12. The second-order valence-corrected chi connectivity index (χ2v) is 14.5. The van der Waals surface area contributed by atoms with Crippen molar-refractivity contribution in [2.75, 3.05) is 4.90 Å². The fraction of sp³-hybridized carbons (Fsp3) is 0.212. The summed E-state index contributed by atoms with van der Waals surface area (Å²) >= 11 is 0. The highest BCUT2D eigenvalue weighted by molar-refractivity contribution is 5.73. The summed E-state index contributed by atoms with van der Waals surface area (Å²) < 4.78 is 2.29. The second-order valence-electron chi connectivity index (χ2n) is 14.5. The first-order valence-corrected chi connectivity index (χ1v) is 19.9. The predicted octanol–water partition coefficient (Wildman–Crippen LogP) is 14.1. The molecule has 284 valence electrons. The van der Waals surface area contributed by atoms with E-state index in [1.807, 2.05) is 12.2 Å². The van der Waals surface area contributed by atoms with E-state index in [-0.39, 0.29) is 0 Å². The molecule has 0 atom stereocenters. The normalized spacial score (nSPS) is 16.8. The van der Waals surface area contributed by atoms with Crippen LogP contribution in [-0.2, 0) is 0 Å². The molecule has 6 rings (SSSR count). The Balaban J connectivity index is 1.65. The second kappa shape index (κ2) is 18.5. The fourth-order valence-corrected chi connectivity index (χ4v) is 7.49. The van der Waals surface area contributed by atoms with Gasteiger partial charge in [-0.2, -0.15) is 0 Å². The van der Waals surface area contributed by atoms with Crippen molar-refractivity contribution in [3.05, 3.63) is 214 Å². The molecule has 3 aromatic rings. The summed E-state index contributed by atoms with van der Waals surface area (Å²) in [5, 5.41) is 0. The van der Waals surface area contributed by atoms with Gasteiger partial charge >= 0.3 is 0 Å². The van der Waals surface area contributed by atoms with Crippen molar-refractivity contribution in [2.45, 2.75) is 74.1 Å². The Bertz CT molecular complexity index is 2270. The molecule has 0 saturated heterocycles. The molecular weight excluding hydrogens is 681 g/mol. The molecule has 2 bridgehead atoms. The van der Waals surface area contributed by atoms with Gasteiger partial charge in [-0.25, -0.2) is 4.98 Å². The maximum absolute atomic E-state index is 5.20. The zero-order valence-electron chi connectivity index (χ0n) is 34.3. The van der Waals surface area contributed by atoms with E-state index < -0.39 is 0 Å². The number of nitrogens with zero attached hydrogens (tertiary/aromatic N) is 4. The minimum atomic E-state index is 0.870. The van der Waals surface area contributed by atoms with Gasteiger partial charge in [-0.15, -0.1) is 0 Å². The van der Waals surface area contributed by atoms with Gasteiger partial charge in [-0.3, -0.25) is 4.57 Å². The Hall–Kier alpha value is -6.13. The molecule has 2 aromatic carbocycles. The topological polar surface area (TPSA) is 24.3 Å². The van der Waals surface area contributed by atoms with Crippen molar-refractivity contribution in [2.24, 2.45) is 0 Å². The third-order valence-electron chi connectivity index (χ3n) is 10.3. The number of fused-ring (bicyclic) bond motifs is 2. The van der Waals surface area contributed by atoms with Gasteiger partial charge in [-0.1, -0.05) is 103 Å². The van der Waals surface area contributed by atoms with Crippen molar-refractivity contribution in [1.29, 1.82) is 0 Å². The van der Waals surface area contributed by atoms with E-state index in [2.05, 4.69) is 209 Å². The minimum absolute atomic E-state index is 0.870. The zero-order valence-corrected chi connectivity index (χ0v) is 34.3. The summed E-state index contributed by atoms with van der Waals surface area (Å²) in [6.07, 6.45) is 41.4. The predicted molar refractivity (Wildman–Crippen MR) is 242 cm³/mol. The zero-order chi connectivity index (χ0) is 39.6. The first kappa shape index (κ1) is 39.6. The maximum atomic E-state index is 5.20. The van der Waals surface area contributed by atoms with Crippen LogP contribution in [0.1, 0.15) is 81.7 Å². The Morgan fingerprint density at radius 2 is 1.52 bits per heavy atom. The molecule has 0 unspecified atom stereocenters. The fourth-order valence-electron chi connectivity index (χ4n) is 7.49. The Morgan fingerprint density at radius 1 is 0.821 bits per heavy atom. The molecule has 2 aliphatic carbocycles. The van der Waals surface area contributed by atoms with Crippen molar-refractivity contribution in [3.8, 4) is 0 Å². The van der Waals surface area contributed by atoms with Crippen LogP contribution in [0.4, 0.5) is 11.4 Å². The lowest BCUT2D eigenvalue weighted by Crippen LogP contribution is -2.23. The molecule has 0 amide bonds. The van der Waals surface area contributed by atoms with Gasteiger partial charge in [0.15, 0.2) is 0 Å². The molecule has 4 nitrogen and oxygen atoms in total. The van der Waals surface area contributed by atoms with Crippen LogP contribution < -0.4 is 4.90 Å². The molecule has 0 saturated carbocycles. The van der Waals surface area contributed by atoms with Gasteiger partial charge in [0.25, 0.3) is 0 Å². The third kappa shape index (κ3) is 8.71. The average molecular weight is 737 g/mol. The molecular formula is C52H56N4. The highest BCUT2D eigenvalue weighted by Gasteiger charge is 2.27. The Kier molecular flexibility index (Phi) is 13.0. The molecule has 0 radical (unpaired) electrons. The SMILES string of the molecule is C=C/C=C\c1c(C)nc(/C=C/C(=C\C(=C/C)N(c2ccc(C)cc2)c2ccc(C)cc2)N2C3=C(C)CC(=CC=C3)C(/C=C\C)=C2/C=C\C)n1C1=CCCCC=C1. The van der Waals surface area contributed by atoms with Crippen LogP contribution in [0.15, 0.2) is 186 Å². The van der Waals surface area contributed by atoms with Crippen LogP contribution in [-0.4, -0.2) is 14.5 Å². The number of aryl methyl sites for hydroxylation is 3. The molecule has 0 fully saturated rings. The van der Waals surface area contributed by atoms with Crippen molar-refractivity contribution >= 4 is 29.2 Å². The van der Waals surface area contributed by atoms with Gasteiger partial charge in [0, 0.05) is 39.7 Å². The third-order valence-corrected chi connectivity index (χ3v) is 10.3. The van der Waals surface area contributed by atoms with Crippen LogP contribution in [0.5, 0.6) is 0 Å². The smallest absolute Gasteiger partial charge is 0.138 e. The summed E-state index contributed by atoms with van der Waals surface area (Å²) in [6, 6.07) is 17.6. The van der Waals surface area contributed by atoms with E-state index in [1.54, 1.807) is 0 Å². The van der Waals surface area contributed by atoms with Crippen LogP contribution in [0.2, 0.25) is 0 Å². The maximum Gasteiger partial charge on any atom is 0.138 e. The minimum Gasteiger partial charge on any atom is -0.311 e. The number of hydrogen-bond acceptors (Lipinski definition) is 3. The van der Waals surface area contributed by atoms with Gasteiger partial charge in [-0.05, 0) is 152 Å². The molecule has 0 spiro atoms. The van der Waals surface area contributed by atoms with E-state index in [0.29, 0.717) is 0 Å².